The Hall–Kier alpha value is -2.28. The molecule has 1 fully saturated rings. The highest BCUT2D eigenvalue weighted by Gasteiger charge is 2.10. The van der Waals surface area contributed by atoms with Crippen LogP contribution in [0.3, 0.4) is 0 Å². The number of nitrogens with two attached hydrogens (primary N) is 3. The number of piperidine rings is 1. The van der Waals surface area contributed by atoms with Gasteiger partial charge >= 0.3 is 0 Å². The van der Waals surface area contributed by atoms with E-state index in [0.29, 0.717) is 18.0 Å². The molecule has 6 N–H and O–H groups in total. The Morgan fingerprint density at radius 2 is 1.82 bits per heavy atom. The molecule has 1 aromatic rings. The highest BCUT2D eigenvalue weighted by molar-refractivity contribution is 5.93. The van der Waals surface area contributed by atoms with E-state index in [0.717, 1.165) is 19.6 Å². The van der Waals surface area contributed by atoms with E-state index in [9.17, 15) is 0 Å². The van der Waals surface area contributed by atoms with Crippen molar-refractivity contribution < 1.29 is 4.74 Å². The quantitative estimate of drug-likeness (QED) is 0.549. The van der Waals surface area contributed by atoms with E-state index in [-0.39, 0.29) is 11.9 Å². The topological polar surface area (TPSA) is 115 Å². The zero-order valence-corrected chi connectivity index (χ0v) is 12.7. The van der Waals surface area contributed by atoms with E-state index in [1.54, 1.807) is 0 Å². The van der Waals surface area contributed by atoms with E-state index in [1.165, 1.54) is 19.3 Å². The third-order valence-electron chi connectivity index (χ3n) is 3.46. The fourth-order valence-electron chi connectivity index (χ4n) is 2.42. The molecular weight excluding hydrogens is 280 g/mol. The van der Waals surface area contributed by atoms with Gasteiger partial charge in [0.2, 0.25) is 5.96 Å². The second-order valence-corrected chi connectivity index (χ2v) is 5.23. The summed E-state index contributed by atoms with van der Waals surface area (Å²) in [6.45, 7) is 3.84. The van der Waals surface area contributed by atoms with Crippen LogP contribution in [0.4, 0.5) is 5.69 Å². The van der Waals surface area contributed by atoms with Crippen molar-refractivity contribution in [2.75, 3.05) is 26.2 Å². The number of benzene rings is 1. The Labute approximate surface area is 130 Å². The Kier molecular flexibility index (Phi) is 6.02. The van der Waals surface area contributed by atoms with Crippen LogP contribution in [-0.2, 0) is 0 Å². The molecule has 7 nitrogen and oxygen atoms in total. The zero-order valence-electron chi connectivity index (χ0n) is 12.7. The predicted molar refractivity (Wildman–Crippen MR) is 89.3 cm³/mol. The molecule has 1 aliphatic rings. The average Bonchev–Trinajstić information content (AvgIpc) is 2.49. The van der Waals surface area contributed by atoms with Gasteiger partial charge < -0.3 is 21.9 Å². The van der Waals surface area contributed by atoms with Crippen molar-refractivity contribution in [3.8, 4) is 5.75 Å². The van der Waals surface area contributed by atoms with Crippen LogP contribution in [-0.4, -0.2) is 43.1 Å². The summed E-state index contributed by atoms with van der Waals surface area (Å²) >= 11 is 0. The summed E-state index contributed by atoms with van der Waals surface area (Å²) in [7, 11) is 0. The number of nitrogens with zero attached hydrogens (tertiary/aromatic N) is 3. The molecule has 7 heteroatoms. The van der Waals surface area contributed by atoms with Crippen LogP contribution in [0.2, 0.25) is 0 Å². The Morgan fingerprint density at radius 1 is 1.09 bits per heavy atom. The van der Waals surface area contributed by atoms with Gasteiger partial charge in [-0.3, -0.25) is 4.90 Å². The minimum atomic E-state index is -0.121. The number of hydrogen-bond donors (Lipinski definition) is 3. The molecule has 0 atom stereocenters. The molecule has 0 spiro atoms. The lowest BCUT2D eigenvalue weighted by Crippen LogP contribution is -2.33. The summed E-state index contributed by atoms with van der Waals surface area (Å²) < 4.78 is 5.83. The molecule has 1 saturated heterocycles. The molecule has 0 radical (unpaired) electrons. The van der Waals surface area contributed by atoms with Gasteiger partial charge in [-0.05, 0) is 38.1 Å². The first-order valence-corrected chi connectivity index (χ1v) is 7.53. The third kappa shape index (κ3) is 5.25. The maximum atomic E-state index is 5.83. The molecule has 1 heterocycles. The second-order valence-electron chi connectivity index (χ2n) is 5.23. The van der Waals surface area contributed by atoms with Gasteiger partial charge in [0.1, 0.15) is 18.0 Å². The largest absolute Gasteiger partial charge is 0.490 e. The number of ether oxygens (including phenoxy) is 1. The lowest BCUT2D eigenvalue weighted by atomic mass is 10.1. The Bertz CT molecular complexity index is 533. The van der Waals surface area contributed by atoms with Crippen molar-refractivity contribution in [1.29, 1.82) is 0 Å². The number of guanidine groups is 2. The molecule has 0 unspecified atom stereocenters. The third-order valence-corrected chi connectivity index (χ3v) is 3.46. The Balaban J connectivity index is 1.94. The fourth-order valence-corrected chi connectivity index (χ4v) is 2.42. The summed E-state index contributed by atoms with van der Waals surface area (Å²) in [6, 6.07) is 7.42. The molecule has 22 heavy (non-hydrogen) atoms. The van der Waals surface area contributed by atoms with Crippen LogP contribution in [0, 0.1) is 0 Å². The van der Waals surface area contributed by atoms with Crippen molar-refractivity contribution in [1.82, 2.24) is 4.90 Å². The van der Waals surface area contributed by atoms with Crippen LogP contribution in [0.1, 0.15) is 19.3 Å². The highest BCUT2D eigenvalue weighted by Crippen LogP contribution is 2.26. The predicted octanol–water partition coefficient (Wildman–Crippen LogP) is 0.771. The molecule has 0 amide bonds. The summed E-state index contributed by atoms with van der Waals surface area (Å²) in [5.74, 6) is 0.560. The average molecular weight is 304 g/mol. The second kappa shape index (κ2) is 8.23. The summed E-state index contributed by atoms with van der Waals surface area (Å²) in [5.41, 5.74) is 16.8. The van der Waals surface area contributed by atoms with Gasteiger partial charge in [-0.1, -0.05) is 18.6 Å². The van der Waals surface area contributed by atoms with E-state index >= 15 is 0 Å². The minimum Gasteiger partial charge on any atom is -0.490 e. The molecular formula is C15H24N6O. The van der Waals surface area contributed by atoms with Crippen molar-refractivity contribution in [2.45, 2.75) is 19.3 Å². The lowest BCUT2D eigenvalue weighted by Gasteiger charge is -2.26. The van der Waals surface area contributed by atoms with Crippen LogP contribution in [0.25, 0.3) is 0 Å². The van der Waals surface area contributed by atoms with Gasteiger partial charge in [0.25, 0.3) is 0 Å². The number of hydrogen-bond acceptors (Lipinski definition) is 3. The number of para-hydroxylation sites is 2. The first kappa shape index (κ1) is 16.1. The summed E-state index contributed by atoms with van der Waals surface area (Å²) in [6.07, 6.45) is 3.88. The van der Waals surface area contributed by atoms with Gasteiger partial charge in [-0.2, -0.15) is 4.99 Å². The van der Waals surface area contributed by atoms with E-state index in [1.807, 2.05) is 24.3 Å². The van der Waals surface area contributed by atoms with Crippen LogP contribution in [0.15, 0.2) is 34.3 Å². The number of rotatable bonds is 5. The smallest absolute Gasteiger partial charge is 0.223 e. The summed E-state index contributed by atoms with van der Waals surface area (Å²) in [5, 5.41) is 0. The SMILES string of the molecule is NC(N)=NC(N)=Nc1ccccc1OCCN1CCCCC1. The molecule has 0 aromatic heterocycles. The molecule has 0 bridgehead atoms. The van der Waals surface area contributed by atoms with Crippen molar-refractivity contribution >= 4 is 17.6 Å². The normalized spacial score (nSPS) is 16.3. The molecule has 2 rings (SSSR count). The van der Waals surface area contributed by atoms with Crippen molar-refractivity contribution in [3.05, 3.63) is 24.3 Å². The minimum absolute atomic E-state index is 0.00656. The van der Waals surface area contributed by atoms with Gasteiger partial charge in [0.05, 0.1) is 0 Å². The maximum Gasteiger partial charge on any atom is 0.223 e. The Morgan fingerprint density at radius 3 is 2.55 bits per heavy atom. The van der Waals surface area contributed by atoms with Crippen LogP contribution in [0.5, 0.6) is 5.75 Å². The van der Waals surface area contributed by atoms with E-state index in [2.05, 4.69) is 14.9 Å². The fraction of sp³-hybridized carbons (Fsp3) is 0.467. The van der Waals surface area contributed by atoms with Crippen LogP contribution >= 0.6 is 0 Å². The number of aliphatic imine (C=N–C) groups is 2. The first-order chi connectivity index (χ1) is 10.6. The van der Waals surface area contributed by atoms with Gasteiger partial charge in [0.15, 0.2) is 5.96 Å². The van der Waals surface area contributed by atoms with E-state index in [4.69, 9.17) is 21.9 Å². The molecule has 0 aliphatic carbocycles. The molecule has 0 saturated carbocycles. The lowest BCUT2D eigenvalue weighted by molar-refractivity contribution is 0.183. The van der Waals surface area contributed by atoms with Gasteiger partial charge in [0, 0.05) is 6.54 Å². The van der Waals surface area contributed by atoms with E-state index < -0.39 is 0 Å². The number of likely N-dealkylation sites (tertiary alicyclic amines) is 1. The molecule has 120 valence electrons. The van der Waals surface area contributed by atoms with Gasteiger partial charge in [-0.25, -0.2) is 4.99 Å². The zero-order chi connectivity index (χ0) is 15.8. The maximum absolute atomic E-state index is 5.83. The van der Waals surface area contributed by atoms with Crippen molar-refractivity contribution in [2.24, 2.45) is 27.2 Å². The highest BCUT2D eigenvalue weighted by atomic mass is 16.5. The van der Waals surface area contributed by atoms with Crippen LogP contribution < -0.4 is 21.9 Å². The first-order valence-electron chi connectivity index (χ1n) is 7.53. The monoisotopic (exact) mass is 304 g/mol. The van der Waals surface area contributed by atoms with Gasteiger partial charge in [-0.15, -0.1) is 0 Å². The molecule has 1 aromatic carbocycles. The van der Waals surface area contributed by atoms with Crippen molar-refractivity contribution in [3.63, 3.8) is 0 Å². The standard InChI is InChI=1S/C15H24N6O/c16-14(17)20-15(18)19-12-6-2-3-7-13(12)22-11-10-21-8-4-1-5-9-21/h2-3,6-7H,1,4-5,8-11H2,(H6,16,17,18,19,20). The molecule has 1 aliphatic heterocycles. The summed E-state index contributed by atoms with van der Waals surface area (Å²) in [4.78, 5) is 10.3.